The first-order valence-corrected chi connectivity index (χ1v) is 5.69. The standard InChI is InChI=1S/C11H13N5O4/c1-20-6-10(11(17)14-12)15-9-4-8(16(18)19)3-2-7(9)5-13-15/h2-5,10H,6,12H2,1H3,(H,14,17). The largest absolute Gasteiger partial charge is 0.382 e. The minimum atomic E-state index is -0.801. The Labute approximate surface area is 113 Å². The average molecular weight is 279 g/mol. The van der Waals surface area contributed by atoms with Gasteiger partial charge in [0.2, 0.25) is 0 Å². The monoisotopic (exact) mass is 279 g/mol. The van der Waals surface area contributed by atoms with Gasteiger partial charge in [0.25, 0.3) is 11.6 Å². The van der Waals surface area contributed by atoms with E-state index in [-0.39, 0.29) is 12.3 Å². The fourth-order valence-corrected chi connectivity index (χ4v) is 1.90. The number of carbonyl (C=O) groups is 1. The lowest BCUT2D eigenvalue weighted by atomic mass is 10.2. The van der Waals surface area contributed by atoms with Crippen LogP contribution in [0.15, 0.2) is 24.4 Å². The number of benzene rings is 1. The average Bonchev–Trinajstić information content (AvgIpc) is 2.86. The van der Waals surface area contributed by atoms with Gasteiger partial charge in [-0.2, -0.15) is 5.10 Å². The second kappa shape index (κ2) is 5.63. The van der Waals surface area contributed by atoms with Gasteiger partial charge in [0.1, 0.15) is 0 Å². The highest BCUT2D eigenvalue weighted by atomic mass is 16.6. The number of nitro groups is 1. The number of rotatable bonds is 5. The molecule has 20 heavy (non-hydrogen) atoms. The maximum absolute atomic E-state index is 11.8. The van der Waals surface area contributed by atoms with Gasteiger partial charge in [-0.05, 0) is 6.07 Å². The van der Waals surface area contributed by atoms with E-state index >= 15 is 0 Å². The van der Waals surface area contributed by atoms with Crippen molar-refractivity contribution in [1.82, 2.24) is 15.2 Å². The summed E-state index contributed by atoms with van der Waals surface area (Å²) in [6, 6.07) is 3.50. The molecule has 1 aromatic heterocycles. The zero-order valence-corrected chi connectivity index (χ0v) is 10.6. The van der Waals surface area contributed by atoms with E-state index in [2.05, 4.69) is 5.10 Å². The second-order valence-electron chi connectivity index (χ2n) is 4.07. The summed E-state index contributed by atoms with van der Waals surface area (Å²) in [6.07, 6.45) is 1.52. The molecule has 0 bridgehead atoms. The smallest absolute Gasteiger partial charge is 0.271 e. The summed E-state index contributed by atoms with van der Waals surface area (Å²) < 4.78 is 6.32. The highest BCUT2D eigenvalue weighted by molar-refractivity contribution is 5.85. The summed E-state index contributed by atoms with van der Waals surface area (Å²) in [6.45, 7) is 0.0442. The fraction of sp³-hybridized carbons (Fsp3) is 0.273. The lowest BCUT2D eigenvalue weighted by molar-refractivity contribution is -0.384. The lowest BCUT2D eigenvalue weighted by Gasteiger charge is -2.15. The number of aromatic nitrogens is 2. The van der Waals surface area contributed by atoms with Gasteiger partial charge < -0.3 is 4.74 Å². The number of hydrogen-bond donors (Lipinski definition) is 2. The number of nitrogens with two attached hydrogens (primary N) is 1. The van der Waals surface area contributed by atoms with Crippen LogP contribution in [0.5, 0.6) is 0 Å². The predicted octanol–water partition coefficient (Wildman–Crippen LogP) is 0.122. The van der Waals surface area contributed by atoms with Gasteiger partial charge >= 0.3 is 0 Å². The first-order valence-electron chi connectivity index (χ1n) is 5.69. The number of fused-ring (bicyclic) bond motifs is 1. The number of methoxy groups -OCH3 is 1. The Kier molecular flexibility index (Phi) is 3.91. The van der Waals surface area contributed by atoms with Crippen molar-refractivity contribution in [3.63, 3.8) is 0 Å². The van der Waals surface area contributed by atoms with E-state index in [1.165, 1.54) is 30.1 Å². The van der Waals surface area contributed by atoms with Gasteiger partial charge in [-0.25, -0.2) is 10.5 Å². The molecule has 1 amide bonds. The SMILES string of the molecule is COCC(C(=O)NN)n1ncc2ccc([N+](=O)[O-])cc21. The molecule has 2 aromatic rings. The van der Waals surface area contributed by atoms with E-state index in [9.17, 15) is 14.9 Å². The van der Waals surface area contributed by atoms with E-state index in [4.69, 9.17) is 10.6 Å². The van der Waals surface area contributed by atoms with Crippen LogP contribution in [0.25, 0.3) is 10.9 Å². The highest BCUT2D eigenvalue weighted by Crippen LogP contribution is 2.23. The van der Waals surface area contributed by atoms with Crippen LogP contribution in [0, 0.1) is 10.1 Å². The number of hydrazine groups is 1. The van der Waals surface area contributed by atoms with E-state index in [0.29, 0.717) is 10.9 Å². The molecular weight excluding hydrogens is 266 g/mol. The van der Waals surface area contributed by atoms with Gasteiger partial charge in [-0.3, -0.25) is 20.3 Å². The Balaban J connectivity index is 2.54. The summed E-state index contributed by atoms with van der Waals surface area (Å²) in [5, 5.41) is 15.6. The summed E-state index contributed by atoms with van der Waals surface area (Å²) in [5.41, 5.74) is 2.41. The molecule has 106 valence electrons. The van der Waals surface area contributed by atoms with Gasteiger partial charge in [-0.1, -0.05) is 0 Å². The van der Waals surface area contributed by atoms with Gasteiger partial charge in [0, 0.05) is 24.6 Å². The van der Waals surface area contributed by atoms with Crippen molar-refractivity contribution in [2.75, 3.05) is 13.7 Å². The van der Waals surface area contributed by atoms with Crippen molar-refractivity contribution in [3.05, 3.63) is 34.5 Å². The molecule has 0 aliphatic heterocycles. The molecule has 0 aliphatic rings. The molecule has 0 saturated carbocycles. The molecule has 1 heterocycles. The molecule has 1 unspecified atom stereocenters. The van der Waals surface area contributed by atoms with E-state index in [0.717, 1.165) is 0 Å². The fourth-order valence-electron chi connectivity index (χ4n) is 1.90. The van der Waals surface area contributed by atoms with E-state index in [1.54, 1.807) is 6.07 Å². The molecule has 3 N–H and O–H groups in total. The van der Waals surface area contributed by atoms with Crippen molar-refractivity contribution in [1.29, 1.82) is 0 Å². The molecule has 0 radical (unpaired) electrons. The van der Waals surface area contributed by atoms with Crippen molar-refractivity contribution < 1.29 is 14.5 Å². The quantitative estimate of drug-likeness (QED) is 0.346. The Morgan fingerprint density at radius 1 is 1.65 bits per heavy atom. The minimum absolute atomic E-state index is 0.0442. The van der Waals surface area contributed by atoms with Crippen LogP contribution in [0.1, 0.15) is 6.04 Å². The van der Waals surface area contributed by atoms with Crippen LogP contribution in [0.3, 0.4) is 0 Å². The Bertz CT molecular complexity index is 653. The van der Waals surface area contributed by atoms with Gasteiger partial charge in [0.05, 0.1) is 23.2 Å². The molecule has 0 spiro atoms. The number of nitrogens with one attached hydrogen (secondary N) is 1. The number of amides is 1. The molecule has 1 atom stereocenters. The maximum Gasteiger partial charge on any atom is 0.271 e. The van der Waals surface area contributed by atoms with E-state index in [1.807, 2.05) is 5.43 Å². The van der Waals surface area contributed by atoms with Gasteiger partial charge in [-0.15, -0.1) is 0 Å². The molecule has 2 rings (SSSR count). The molecule has 9 heteroatoms. The Morgan fingerprint density at radius 3 is 3.00 bits per heavy atom. The summed E-state index contributed by atoms with van der Waals surface area (Å²) in [4.78, 5) is 22.1. The molecule has 1 aromatic carbocycles. The second-order valence-corrected chi connectivity index (χ2v) is 4.07. The zero-order valence-electron chi connectivity index (χ0n) is 10.6. The van der Waals surface area contributed by atoms with Crippen molar-refractivity contribution in [2.24, 2.45) is 5.84 Å². The topological polar surface area (TPSA) is 125 Å². The number of hydrogen-bond acceptors (Lipinski definition) is 6. The van der Waals surface area contributed by atoms with Crippen LogP contribution in [0.2, 0.25) is 0 Å². The van der Waals surface area contributed by atoms with Crippen LogP contribution in [-0.4, -0.2) is 34.3 Å². The minimum Gasteiger partial charge on any atom is -0.382 e. The molecule has 0 saturated heterocycles. The number of non-ortho nitro benzene ring substituents is 1. The predicted molar refractivity (Wildman–Crippen MR) is 69.6 cm³/mol. The van der Waals surface area contributed by atoms with Gasteiger partial charge in [0.15, 0.2) is 6.04 Å². The summed E-state index contributed by atoms with van der Waals surface area (Å²) >= 11 is 0. The summed E-state index contributed by atoms with van der Waals surface area (Å²) in [7, 11) is 1.44. The third kappa shape index (κ3) is 2.44. The van der Waals surface area contributed by atoms with Crippen LogP contribution in [-0.2, 0) is 9.53 Å². The maximum atomic E-state index is 11.8. The zero-order chi connectivity index (χ0) is 14.7. The van der Waals surface area contributed by atoms with Crippen LogP contribution in [0.4, 0.5) is 5.69 Å². The first kappa shape index (κ1) is 13.9. The summed E-state index contributed by atoms with van der Waals surface area (Å²) in [5.74, 6) is 4.63. The molecular formula is C11H13N5O4. The van der Waals surface area contributed by atoms with Crippen molar-refractivity contribution in [2.45, 2.75) is 6.04 Å². The van der Waals surface area contributed by atoms with Crippen LogP contribution < -0.4 is 11.3 Å². The number of nitrogens with zero attached hydrogens (tertiary/aromatic N) is 3. The molecule has 9 nitrogen and oxygen atoms in total. The lowest BCUT2D eigenvalue weighted by Crippen LogP contribution is -2.39. The number of ether oxygens (including phenoxy) is 1. The molecule has 0 fully saturated rings. The Morgan fingerprint density at radius 2 is 2.40 bits per heavy atom. The van der Waals surface area contributed by atoms with E-state index < -0.39 is 16.9 Å². The highest BCUT2D eigenvalue weighted by Gasteiger charge is 2.23. The normalized spacial score (nSPS) is 12.3. The van der Waals surface area contributed by atoms with Crippen molar-refractivity contribution in [3.8, 4) is 0 Å². The number of carbonyl (C=O) groups excluding carboxylic acids is 1. The number of nitro benzene ring substituents is 1. The molecule has 0 aliphatic carbocycles. The van der Waals surface area contributed by atoms with Crippen molar-refractivity contribution >= 4 is 22.5 Å². The third-order valence-electron chi connectivity index (χ3n) is 2.86. The van der Waals surface area contributed by atoms with Crippen LogP contribution >= 0.6 is 0 Å². The third-order valence-corrected chi connectivity index (χ3v) is 2.86. The first-order chi connectivity index (χ1) is 9.58. The Hall–Kier alpha value is -2.52.